The number of ether oxygens (including phenoxy) is 1. The van der Waals surface area contributed by atoms with E-state index in [-0.39, 0.29) is 11.4 Å². The Balaban J connectivity index is 1.97. The fourth-order valence-electron chi connectivity index (χ4n) is 3.27. The van der Waals surface area contributed by atoms with Gasteiger partial charge in [0.25, 0.3) is 9.84 Å². The Morgan fingerprint density at radius 1 is 1.14 bits per heavy atom. The monoisotopic (exact) mass is 447 g/mol. The molecule has 0 aromatic heterocycles. The summed E-state index contributed by atoms with van der Waals surface area (Å²) >= 11 is 5.90. The van der Waals surface area contributed by atoms with Crippen LogP contribution in [0.4, 0.5) is 18.9 Å². The van der Waals surface area contributed by atoms with Gasteiger partial charge in [0, 0.05) is 5.02 Å². The summed E-state index contributed by atoms with van der Waals surface area (Å²) < 4.78 is 67.2. The molecule has 29 heavy (non-hydrogen) atoms. The molecule has 0 bridgehead atoms. The Morgan fingerprint density at radius 3 is 2.24 bits per heavy atom. The fourth-order valence-corrected chi connectivity index (χ4v) is 4.19. The smallest absolute Gasteiger partial charge is 0.495 e. The van der Waals surface area contributed by atoms with Gasteiger partial charge in [0.15, 0.2) is 0 Å². The summed E-state index contributed by atoms with van der Waals surface area (Å²) in [5.41, 5.74) is -5.75. The maximum Gasteiger partial charge on any atom is 0.501 e. The second-order valence-electron chi connectivity index (χ2n) is 6.71. The van der Waals surface area contributed by atoms with Gasteiger partial charge >= 0.3 is 5.51 Å². The SMILES string of the molecule is COc1ccc(S(=O)(=O)C(F)(F)F)cc1NC(=O)C1(c2ccc(Cl)cc2)CCC1. The lowest BCUT2D eigenvalue weighted by Gasteiger charge is -2.40. The van der Waals surface area contributed by atoms with E-state index in [1.54, 1.807) is 24.3 Å². The van der Waals surface area contributed by atoms with E-state index >= 15 is 0 Å². The molecular formula is C19H17ClF3NO4S. The quantitative estimate of drug-likeness (QED) is 0.721. The van der Waals surface area contributed by atoms with Crippen LogP contribution in [0.25, 0.3) is 0 Å². The molecule has 0 spiro atoms. The van der Waals surface area contributed by atoms with Gasteiger partial charge in [0.05, 0.1) is 23.1 Å². The van der Waals surface area contributed by atoms with Crippen LogP contribution >= 0.6 is 11.6 Å². The molecule has 10 heteroatoms. The molecule has 0 radical (unpaired) electrons. The van der Waals surface area contributed by atoms with Gasteiger partial charge in [-0.3, -0.25) is 4.79 Å². The molecule has 1 aliphatic carbocycles. The van der Waals surface area contributed by atoms with Crippen LogP contribution in [0.15, 0.2) is 47.4 Å². The minimum Gasteiger partial charge on any atom is -0.495 e. The molecule has 1 amide bonds. The van der Waals surface area contributed by atoms with E-state index in [1.807, 2.05) is 0 Å². The van der Waals surface area contributed by atoms with Crippen LogP contribution in [-0.2, 0) is 20.0 Å². The maximum absolute atomic E-state index is 13.1. The first-order valence-corrected chi connectivity index (χ1v) is 10.4. The van der Waals surface area contributed by atoms with E-state index in [1.165, 1.54) is 7.11 Å². The summed E-state index contributed by atoms with van der Waals surface area (Å²) in [7, 11) is -4.30. The molecule has 0 heterocycles. The van der Waals surface area contributed by atoms with Crippen molar-refractivity contribution >= 4 is 33.0 Å². The molecule has 1 N–H and O–H groups in total. The van der Waals surface area contributed by atoms with Gasteiger partial charge in [-0.2, -0.15) is 13.2 Å². The van der Waals surface area contributed by atoms with Crippen molar-refractivity contribution in [1.29, 1.82) is 0 Å². The van der Waals surface area contributed by atoms with Crippen molar-refractivity contribution in [2.75, 3.05) is 12.4 Å². The third kappa shape index (κ3) is 3.81. The summed E-state index contributed by atoms with van der Waals surface area (Å²) in [4.78, 5) is 12.1. The summed E-state index contributed by atoms with van der Waals surface area (Å²) in [6.45, 7) is 0. The first-order chi connectivity index (χ1) is 13.5. The fraction of sp³-hybridized carbons (Fsp3) is 0.316. The number of halogens is 4. The largest absolute Gasteiger partial charge is 0.501 e. The number of anilines is 1. The maximum atomic E-state index is 13.1. The Kier molecular flexibility index (Phi) is 5.57. The van der Waals surface area contributed by atoms with Gasteiger partial charge in [-0.05, 0) is 48.7 Å². The topological polar surface area (TPSA) is 72.5 Å². The van der Waals surface area contributed by atoms with Crippen molar-refractivity contribution in [1.82, 2.24) is 0 Å². The van der Waals surface area contributed by atoms with E-state index in [0.717, 1.165) is 30.2 Å². The number of methoxy groups -OCH3 is 1. The van der Waals surface area contributed by atoms with Crippen molar-refractivity contribution < 1.29 is 31.1 Å². The summed E-state index contributed by atoms with van der Waals surface area (Å²) in [5, 5.41) is 3.06. The Morgan fingerprint density at radius 2 is 1.76 bits per heavy atom. The average molecular weight is 448 g/mol. The van der Waals surface area contributed by atoms with Gasteiger partial charge in [-0.25, -0.2) is 8.42 Å². The lowest BCUT2D eigenvalue weighted by molar-refractivity contribution is -0.124. The normalized spacial score (nSPS) is 16.0. The number of carbonyl (C=O) groups excluding carboxylic acids is 1. The van der Waals surface area contributed by atoms with Gasteiger partial charge in [0.2, 0.25) is 5.91 Å². The predicted molar refractivity (Wildman–Crippen MR) is 102 cm³/mol. The van der Waals surface area contributed by atoms with Crippen molar-refractivity contribution in [2.45, 2.75) is 35.1 Å². The van der Waals surface area contributed by atoms with Crippen LogP contribution in [0, 0.1) is 0 Å². The third-order valence-corrected chi connectivity index (χ3v) is 6.81. The highest BCUT2D eigenvalue weighted by atomic mass is 35.5. The van der Waals surface area contributed by atoms with Crippen LogP contribution in [0.1, 0.15) is 24.8 Å². The molecule has 156 valence electrons. The number of hydrogen-bond donors (Lipinski definition) is 1. The zero-order valence-corrected chi connectivity index (χ0v) is 16.8. The number of sulfone groups is 1. The van der Waals surface area contributed by atoms with Crippen molar-refractivity contribution in [3.8, 4) is 5.75 Å². The van der Waals surface area contributed by atoms with E-state index in [2.05, 4.69) is 5.32 Å². The standard InChI is InChI=1S/C19H17ClF3NO4S/c1-28-16-8-7-14(29(26,27)19(21,22)23)11-15(16)24-17(25)18(9-2-10-18)12-3-5-13(20)6-4-12/h3-8,11H,2,9-10H2,1H3,(H,24,25). The molecule has 0 saturated heterocycles. The Bertz CT molecular complexity index is 1030. The predicted octanol–water partition coefficient (Wildman–Crippen LogP) is 4.70. The molecule has 3 rings (SSSR count). The number of amides is 1. The molecule has 2 aromatic rings. The lowest BCUT2D eigenvalue weighted by atomic mass is 9.64. The first kappa shape index (κ1) is 21.4. The molecule has 0 unspecified atom stereocenters. The van der Waals surface area contributed by atoms with E-state index in [4.69, 9.17) is 16.3 Å². The van der Waals surface area contributed by atoms with Gasteiger partial charge in [0.1, 0.15) is 5.75 Å². The van der Waals surface area contributed by atoms with Crippen LogP contribution in [0.3, 0.4) is 0 Å². The summed E-state index contributed by atoms with van der Waals surface area (Å²) in [6, 6.07) is 9.38. The number of hydrogen-bond acceptors (Lipinski definition) is 4. The minimum absolute atomic E-state index is 0.0463. The van der Waals surface area contributed by atoms with Crippen molar-refractivity contribution in [2.24, 2.45) is 0 Å². The Labute approximate surface area is 170 Å². The average Bonchev–Trinajstić information content (AvgIpc) is 2.61. The first-order valence-electron chi connectivity index (χ1n) is 8.58. The highest BCUT2D eigenvalue weighted by Crippen LogP contribution is 2.45. The molecule has 0 atom stereocenters. The van der Waals surface area contributed by atoms with Crippen LogP contribution < -0.4 is 10.1 Å². The summed E-state index contributed by atoms with van der Waals surface area (Å²) in [6.07, 6.45) is 1.89. The Hall–Kier alpha value is -2.26. The number of rotatable bonds is 5. The van der Waals surface area contributed by atoms with Crippen LogP contribution in [0.2, 0.25) is 5.02 Å². The molecule has 1 aliphatic rings. The molecule has 1 saturated carbocycles. The lowest BCUT2D eigenvalue weighted by Crippen LogP contribution is -2.46. The van der Waals surface area contributed by atoms with E-state index in [9.17, 15) is 26.4 Å². The second-order valence-corrected chi connectivity index (χ2v) is 9.09. The van der Waals surface area contributed by atoms with E-state index in [0.29, 0.717) is 17.9 Å². The minimum atomic E-state index is -5.57. The zero-order chi connectivity index (χ0) is 21.4. The van der Waals surface area contributed by atoms with Gasteiger partial charge in [-0.1, -0.05) is 30.2 Å². The number of alkyl halides is 3. The molecular weight excluding hydrogens is 431 g/mol. The number of nitrogens with one attached hydrogen (secondary N) is 1. The van der Waals surface area contributed by atoms with Gasteiger partial charge in [-0.15, -0.1) is 0 Å². The molecule has 0 aliphatic heterocycles. The second kappa shape index (κ2) is 7.53. The highest BCUT2D eigenvalue weighted by molar-refractivity contribution is 7.92. The number of carbonyl (C=O) groups is 1. The van der Waals surface area contributed by atoms with Crippen LogP contribution in [-0.4, -0.2) is 26.9 Å². The van der Waals surface area contributed by atoms with Crippen molar-refractivity contribution in [3.63, 3.8) is 0 Å². The van der Waals surface area contributed by atoms with Crippen molar-refractivity contribution in [3.05, 3.63) is 53.1 Å². The third-order valence-electron chi connectivity index (χ3n) is 5.07. The summed E-state index contributed by atoms with van der Waals surface area (Å²) in [5.74, 6) is -0.406. The van der Waals surface area contributed by atoms with Crippen LogP contribution in [0.5, 0.6) is 5.75 Å². The molecule has 2 aromatic carbocycles. The van der Waals surface area contributed by atoms with Gasteiger partial charge < -0.3 is 10.1 Å². The number of benzene rings is 2. The van der Waals surface area contributed by atoms with E-state index < -0.39 is 31.6 Å². The molecule has 5 nitrogen and oxygen atoms in total. The highest BCUT2D eigenvalue weighted by Gasteiger charge is 2.48. The zero-order valence-electron chi connectivity index (χ0n) is 15.2. The molecule has 1 fully saturated rings.